The Morgan fingerprint density at radius 3 is 2.90 bits per heavy atom. The fourth-order valence-electron chi connectivity index (χ4n) is 4.05. The molecule has 1 aliphatic rings. The van der Waals surface area contributed by atoms with E-state index in [9.17, 15) is 4.79 Å². The summed E-state index contributed by atoms with van der Waals surface area (Å²) in [6.45, 7) is 4.43. The van der Waals surface area contributed by atoms with Crippen molar-refractivity contribution < 1.29 is 4.79 Å². The van der Waals surface area contributed by atoms with E-state index >= 15 is 0 Å². The van der Waals surface area contributed by atoms with Crippen LogP contribution in [0.1, 0.15) is 46.9 Å². The number of thiophene rings is 1. The predicted molar refractivity (Wildman–Crippen MR) is 118 cm³/mol. The van der Waals surface area contributed by atoms with Gasteiger partial charge in [0.25, 0.3) is 0 Å². The molecule has 0 unspecified atom stereocenters. The van der Waals surface area contributed by atoms with Crippen LogP contribution in [0.4, 0.5) is 0 Å². The first kappa shape index (κ1) is 18.8. The number of rotatable bonds is 5. The van der Waals surface area contributed by atoms with Crippen LogP contribution in [-0.2, 0) is 19.3 Å². The molecule has 1 aromatic carbocycles. The summed E-state index contributed by atoms with van der Waals surface area (Å²) in [6, 6.07) is 9.41. The number of hydrogen-bond donors (Lipinski definition) is 0. The van der Waals surface area contributed by atoms with Crippen molar-refractivity contribution in [3.05, 3.63) is 52.2 Å². The van der Waals surface area contributed by atoms with Gasteiger partial charge in [-0.1, -0.05) is 55.9 Å². The lowest BCUT2D eigenvalue weighted by Crippen LogP contribution is -2.09. The molecule has 0 amide bonds. The highest BCUT2D eigenvalue weighted by Crippen LogP contribution is 2.39. The van der Waals surface area contributed by atoms with Crippen LogP contribution in [-0.4, -0.2) is 31.1 Å². The first-order valence-electron chi connectivity index (χ1n) is 10.0. The molecule has 5 nitrogen and oxygen atoms in total. The molecule has 4 aromatic rings. The van der Waals surface area contributed by atoms with Crippen molar-refractivity contribution in [3.8, 4) is 0 Å². The number of thioether (sulfide) groups is 1. The Kier molecular flexibility index (Phi) is 4.87. The molecule has 0 saturated heterocycles. The van der Waals surface area contributed by atoms with Crippen molar-refractivity contribution in [2.75, 3.05) is 5.75 Å². The molecule has 0 aliphatic heterocycles. The van der Waals surface area contributed by atoms with Gasteiger partial charge in [0, 0.05) is 16.9 Å². The van der Waals surface area contributed by atoms with Gasteiger partial charge in [-0.3, -0.25) is 9.20 Å². The molecule has 3 aromatic heterocycles. The molecule has 0 fully saturated rings. The summed E-state index contributed by atoms with van der Waals surface area (Å²) in [7, 11) is 0. The number of Topliss-reactive ketones (excluding diaryl/α,β-unsaturated/α-hetero) is 1. The smallest absolute Gasteiger partial charge is 0.197 e. The zero-order chi connectivity index (χ0) is 20.0. The Hall–Kier alpha value is -2.25. The third kappa shape index (κ3) is 3.26. The Labute approximate surface area is 177 Å². The van der Waals surface area contributed by atoms with Gasteiger partial charge < -0.3 is 0 Å². The molecular formula is C22H22N4OS2. The van der Waals surface area contributed by atoms with Crippen molar-refractivity contribution >= 4 is 44.7 Å². The van der Waals surface area contributed by atoms with Gasteiger partial charge in [-0.2, -0.15) is 0 Å². The van der Waals surface area contributed by atoms with Crippen LogP contribution in [0, 0.1) is 5.92 Å². The van der Waals surface area contributed by atoms with E-state index in [-0.39, 0.29) is 5.78 Å². The van der Waals surface area contributed by atoms with Gasteiger partial charge in [-0.05, 0) is 30.7 Å². The zero-order valence-electron chi connectivity index (χ0n) is 16.5. The Bertz CT molecular complexity index is 1210. The normalized spacial score (nSPS) is 16.4. The van der Waals surface area contributed by atoms with Crippen molar-refractivity contribution in [2.45, 2.75) is 44.7 Å². The average molecular weight is 423 g/mol. The number of aromatic nitrogens is 4. The molecule has 29 heavy (non-hydrogen) atoms. The highest BCUT2D eigenvalue weighted by molar-refractivity contribution is 7.99. The van der Waals surface area contributed by atoms with Crippen LogP contribution in [0.2, 0.25) is 0 Å². The Balaban J connectivity index is 1.55. The summed E-state index contributed by atoms with van der Waals surface area (Å²) in [4.78, 5) is 20.0. The minimum Gasteiger partial charge on any atom is -0.293 e. The quantitative estimate of drug-likeness (QED) is 0.334. The minimum atomic E-state index is 0.0985. The van der Waals surface area contributed by atoms with E-state index in [0.717, 1.165) is 52.2 Å². The summed E-state index contributed by atoms with van der Waals surface area (Å²) in [5.41, 5.74) is 3.03. The summed E-state index contributed by atoms with van der Waals surface area (Å²) < 4.78 is 2.07. The molecule has 0 saturated carbocycles. The lowest BCUT2D eigenvalue weighted by atomic mass is 9.89. The van der Waals surface area contributed by atoms with Crippen molar-refractivity contribution in [2.24, 2.45) is 5.92 Å². The average Bonchev–Trinajstić information content (AvgIpc) is 3.32. The molecule has 148 valence electrons. The molecule has 7 heteroatoms. The van der Waals surface area contributed by atoms with Crippen LogP contribution in [0.15, 0.2) is 35.5 Å². The lowest BCUT2D eigenvalue weighted by Gasteiger charge is -2.17. The van der Waals surface area contributed by atoms with E-state index in [1.807, 2.05) is 41.7 Å². The van der Waals surface area contributed by atoms with Gasteiger partial charge in [-0.25, -0.2) is 4.98 Å². The molecule has 0 spiro atoms. The standard InChI is InChI=1S/C22H22N4OS2/c1-3-18-23-21-19(15-10-9-13(2)11-17(15)29-21)20-24-25-22(26(18)20)28-12-16(27)14-7-5-4-6-8-14/h4-8,13H,3,9-12H2,1-2H3/t13-/m1/s1. The molecule has 0 bridgehead atoms. The summed E-state index contributed by atoms with van der Waals surface area (Å²) in [5.74, 6) is 2.12. The molecule has 1 aliphatic carbocycles. The number of nitrogens with zero attached hydrogens (tertiary/aromatic N) is 4. The maximum atomic E-state index is 12.5. The van der Waals surface area contributed by atoms with Crippen LogP contribution in [0.5, 0.6) is 0 Å². The second kappa shape index (κ2) is 7.54. The van der Waals surface area contributed by atoms with Crippen LogP contribution in [0.25, 0.3) is 15.9 Å². The van der Waals surface area contributed by atoms with Crippen molar-refractivity contribution in [3.63, 3.8) is 0 Å². The first-order valence-corrected chi connectivity index (χ1v) is 11.8. The van der Waals surface area contributed by atoms with Crippen molar-refractivity contribution in [1.82, 2.24) is 19.6 Å². The van der Waals surface area contributed by atoms with Gasteiger partial charge in [0.05, 0.1) is 11.1 Å². The fourth-order valence-corrected chi connectivity index (χ4v) is 6.29. The SMILES string of the molecule is CCc1nc2sc3c(c2c2nnc(SCC(=O)c4ccccc4)n12)CC[C@@H](C)C3. The predicted octanol–water partition coefficient (Wildman–Crippen LogP) is 5.00. The number of ketones is 1. The minimum absolute atomic E-state index is 0.0985. The molecular weight excluding hydrogens is 400 g/mol. The van der Waals surface area contributed by atoms with Crippen LogP contribution < -0.4 is 0 Å². The molecule has 1 atom stereocenters. The van der Waals surface area contributed by atoms with E-state index in [1.54, 1.807) is 0 Å². The van der Waals surface area contributed by atoms with E-state index in [4.69, 9.17) is 4.98 Å². The Morgan fingerprint density at radius 1 is 1.28 bits per heavy atom. The van der Waals surface area contributed by atoms with Gasteiger partial charge in [0.2, 0.25) is 0 Å². The maximum Gasteiger partial charge on any atom is 0.197 e. The van der Waals surface area contributed by atoms with Gasteiger partial charge >= 0.3 is 0 Å². The maximum absolute atomic E-state index is 12.5. The lowest BCUT2D eigenvalue weighted by molar-refractivity contribution is 0.102. The topological polar surface area (TPSA) is 60.2 Å². The monoisotopic (exact) mass is 422 g/mol. The van der Waals surface area contributed by atoms with Crippen LogP contribution in [0.3, 0.4) is 0 Å². The number of fused-ring (bicyclic) bond motifs is 5. The summed E-state index contributed by atoms with van der Waals surface area (Å²) in [5, 5.41) is 10.9. The van der Waals surface area contributed by atoms with Gasteiger partial charge in [0.1, 0.15) is 10.7 Å². The highest BCUT2D eigenvalue weighted by atomic mass is 32.2. The second-order valence-electron chi connectivity index (χ2n) is 7.63. The summed E-state index contributed by atoms with van der Waals surface area (Å²) in [6.07, 6.45) is 4.22. The largest absolute Gasteiger partial charge is 0.293 e. The first-order chi connectivity index (χ1) is 14.2. The van der Waals surface area contributed by atoms with Gasteiger partial charge in [0.15, 0.2) is 16.6 Å². The molecule has 0 N–H and O–H groups in total. The fraction of sp³-hybridized carbons (Fsp3) is 0.364. The van der Waals surface area contributed by atoms with E-state index in [1.165, 1.54) is 34.0 Å². The number of carbonyl (C=O) groups is 1. The highest BCUT2D eigenvalue weighted by Gasteiger charge is 2.25. The van der Waals surface area contributed by atoms with E-state index in [2.05, 4.69) is 28.4 Å². The zero-order valence-corrected chi connectivity index (χ0v) is 18.1. The Morgan fingerprint density at radius 2 is 2.10 bits per heavy atom. The molecule has 5 rings (SSSR count). The molecule has 3 heterocycles. The van der Waals surface area contributed by atoms with E-state index in [0.29, 0.717) is 5.75 Å². The summed E-state index contributed by atoms with van der Waals surface area (Å²) >= 11 is 3.26. The second-order valence-corrected chi connectivity index (χ2v) is 9.66. The number of hydrogen-bond acceptors (Lipinski definition) is 6. The number of benzene rings is 1. The number of aryl methyl sites for hydroxylation is 2. The third-order valence-electron chi connectivity index (χ3n) is 5.58. The van der Waals surface area contributed by atoms with Gasteiger partial charge in [-0.15, -0.1) is 21.5 Å². The third-order valence-corrected chi connectivity index (χ3v) is 7.66. The molecule has 0 radical (unpaired) electrons. The van der Waals surface area contributed by atoms with E-state index < -0.39 is 0 Å². The number of carbonyl (C=O) groups excluding carboxylic acids is 1. The van der Waals surface area contributed by atoms with Crippen LogP contribution >= 0.6 is 23.1 Å². The van der Waals surface area contributed by atoms with Crippen molar-refractivity contribution in [1.29, 1.82) is 0 Å².